The van der Waals surface area contributed by atoms with Crippen LogP contribution in [-0.4, -0.2) is 28.7 Å². The minimum absolute atomic E-state index is 0.0652. The summed E-state index contributed by atoms with van der Waals surface area (Å²) in [5.74, 6) is -0.384. The third-order valence-electron chi connectivity index (χ3n) is 4.91. The van der Waals surface area contributed by atoms with Crippen LogP contribution < -0.4 is 10.6 Å². The smallest absolute Gasteiger partial charge is 0.251 e. The molecule has 0 radical (unpaired) electrons. The standard InChI is InChI=1S/C25H22FN3O2S/c26-19-12-10-18(11-13-19)25(31)27-14-15-29-16-23(21-8-4-5-9-22(21)29)32-17-24(30)28-20-6-2-1-3-7-20/h1-13,16H,14-15,17H2,(H,27,31)(H,28,30). The van der Waals surface area contributed by atoms with Gasteiger partial charge in [0.1, 0.15) is 5.82 Å². The molecule has 4 aromatic rings. The second-order valence-electron chi connectivity index (χ2n) is 7.17. The van der Waals surface area contributed by atoms with Gasteiger partial charge < -0.3 is 15.2 Å². The largest absolute Gasteiger partial charge is 0.350 e. The van der Waals surface area contributed by atoms with Gasteiger partial charge in [0.2, 0.25) is 5.91 Å². The average Bonchev–Trinajstić information content (AvgIpc) is 3.16. The third-order valence-corrected chi connectivity index (χ3v) is 5.96. The zero-order valence-corrected chi connectivity index (χ0v) is 18.1. The first-order chi connectivity index (χ1) is 15.6. The molecular formula is C25H22FN3O2S. The normalized spacial score (nSPS) is 10.8. The van der Waals surface area contributed by atoms with Gasteiger partial charge >= 0.3 is 0 Å². The number of thioether (sulfide) groups is 1. The molecule has 0 spiro atoms. The summed E-state index contributed by atoms with van der Waals surface area (Å²) in [5.41, 5.74) is 2.23. The van der Waals surface area contributed by atoms with Crippen molar-refractivity contribution in [3.8, 4) is 0 Å². The molecule has 0 atom stereocenters. The molecule has 162 valence electrons. The predicted molar refractivity (Wildman–Crippen MR) is 126 cm³/mol. The fourth-order valence-electron chi connectivity index (χ4n) is 3.37. The van der Waals surface area contributed by atoms with Gasteiger partial charge in [-0.1, -0.05) is 36.4 Å². The lowest BCUT2D eigenvalue weighted by molar-refractivity contribution is -0.113. The number of nitrogens with zero attached hydrogens (tertiary/aromatic N) is 1. The average molecular weight is 448 g/mol. The Hall–Kier alpha value is -3.58. The maximum absolute atomic E-state index is 13.0. The fraction of sp³-hybridized carbons (Fsp3) is 0.120. The number of aromatic nitrogens is 1. The third kappa shape index (κ3) is 5.36. The van der Waals surface area contributed by atoms with Crippen LogP contribution in [0, 0.1) is 5.82 Å². The number of carbonyl (C=O) groups is 2. The highest BCUT2D eigenvalue weighted by atomic mass is 32.2. The summed E-state index contributed by atoms with van der Waals surface area (Å²) in [6, 6.07) is 22.8. The highest BCUT2D eigenvalue weighted by Crippen LogP contribution is 2.30. The summed E-state index contributed by atoms with van der Waals surface area (Å²) < 4.78 is 15.1. The monoisotopic (exact) mass is 447 g/mol. The van der Waals surface area contributed by atoms with Crippen LogP contribution >= 0.6 is 11.8 Å². The molecule has 0 unspecified atom stereocenters. The van der Waals surface area contributed by atoms with Crippen molar-refractivity contribution >= 4 is 40.2 Å². The summed E-state index contributed by atoms with van der Waals surface area (Å²) in [6.07, 6.45) is 2.01. The molecule has 0 aliphatic heterocycles. The van der Waals surface area contributed by atoms with Gasteiger partial charge in [0.05, 0.1) is 5.75 Å². The van der Waals surface area contributed by atoms with E-state index in [1.807, 2.05) is 60.8 Å². The fourth-order valence-corrected chi connectivity index (χ4v) is 4.26. The van der Waals surface area contributed by atoms with Crippen molar-refractivity contribution in [1.82, 2.24) is 9.88 Å². The number of nitrogens with one attached hydrogen (secondary N) is 2. The summed E-state index contributed by atoms with van der Waals surface area (Å²) in [4.78, 5) is 25.6. The second kappa shape index (κ2) is 10.2. The molecule has 5 nitrogen and oxygen atoms in total. The van der Waals surface area contributed by atoms with E-state index in [1.54, 1.807) is 0 Å². The number of para-hydroxylation sites is 2. The Balaban J connectivity index is 1.38. The highest BCUT2D eigenvalue weighted by Gasteiger charge is 2.12. The highest BCUT2D eigenvalue weighted by molar-refractivity contribution is 8.00. The number of anilines is 1. The van der Waals surface area contributed by atoms with E-state index >= 15 is 0 Å². The molecule has 4 rings (SSSR count). The Kier molecular flexibility index (Phi) is 6.87. The van der Waals surface area contributed by atoms with E-state index in [-0.39, 0.29) is 17.6 Å². The van der Waals surface area contributed by atoms with Crippen molar-refractivity contribution < 1.29 is 14.0 Å². The topological polar surface area (TPSA) is 63.1 Å². The first-order valence-electron chi connectivity index (χ1n) is 10.2. The van der Waals surface area contributed by atoms with Crippen molar-refractivity contribution in [1.29, 1.82) is 0 Å². The van der Waals surface area contributed by atoms with E-state index in [1.165, 1.54) is 36.0 Å². The first-order valence-corrected chi connectivity index (χ1v) is 11.2. The Morgan fingerprint density at radius 2 is 1.62 bits per heavy atom. The molecule has 0 fully saturated rings. The molecule has 2 amide bonds. The molecular weight excluding hydrogens is 425 g/mol. The Labute approximate surface area is 189 Å². The molecule has 1 aromatic heterocycles. The van der Waals surface area contributed by atoms with Crippen LogP contribution in [0.2, 0.25) is 0 Å². The summed E-state index contributed by atoms with van der Waals surface area (Å²) >= 11 is 1.48. The van der Waals surface area contributed by atoms with Crippen LogP contribution in [0.4, 0.5) is 10.1 Å². The number of amides is 2. The predicted octanol–water partition coefficient (Wildman–Crippen LogP) is 4.94. The summed E-state index contributed by atoms with van der Waals surface area (Å²) in [7, 11) is 0. The van der Waals surface area contributed by atoms with Gasteiger partial charge in [0.25, 0.3) is 5.91 Å². The van der Waals surface area contributed by atoms with Gasteiger partial charge in [-0.25, -0.2) is 4.39 Å². The molecule has 32 heavy (non-hydrogen) atoms. The van der Waals surface area contributed by atoms with Crippen LogP contribution in [0.15, 0.2) is 90.0 Å². The van der Waals surface area contributed by atoms with Crippen molar-refractivity contribution in [3.05, 3.63) is 96.4 Å². The SMILES string of the molecule is O=C(CSc1cn(CCNC(=O)c2ccc(F)cc2)c2ccccc12)Nc1ccccc1. The van der Waals surface area contributed by atoms with Gasteiger partial charge in [0, 0.05) is 46.3 Å². The number of hydrogen-bond donors (Lipinski definition) is 2. The number of carbonyl (C=O) groups excluding carboxylic acids is 2. The summed E-state index contributed by atoms with van der Waals surface area (Å²) in [5, 5.41) is 6.83. The molecule has 0 saturated heterocycles. The van der Waals surface area contributed by atoms with E-state index in [2.05, 4.69) is 15.2 Å². The molecule has 0 aliphatic carbocycles. The number of hydrogen-bond acceptors (Lipinski definition) is 3. The van der Waals surface area contributed by atoms with Crippen LogP contribution in [0.25, 0.3) is 10.9 Å². The number of halogens is 1. The molecule has 0 aliphatic rings. The lowest BCUT2D eigenvalue weighted by Crippen LogP contribution is -2.27. The van der Waals surface area contributed by atoms with Crippen LogP contribution in [0.5, 0.6) is 0 Å². The van der Waals surface area contributed by atoms with Crippen molar-refractivity contribution in [3.63, 3.8) is 0 Å². The quantitative estimate of drug-likeness (QED) is 0.376. The lowest BCUT2D eigenvalue weighted by atomic mass is 10.2. The van der Waals surface area contributed by atoms with Crippen LogP contribution in [-0.2, 0) is 11.3 Å². The Morgan fingerprint density at radius 1 is 0.906 bits per heavy atom. The van der Waals surface area contributed by atoms with Crippen LogP contribution in [0.3, 0.4) is 0 Å². The maximum Gasteiger partial charge on any atom is 0.251 e. The van der Waals surface area contributed by atoms with E-state index in [4.69, 9.17) is 0 Å². The molecule has 3 aromatic carbocycles. The molecule has 0 saturated carbocycles. The van der Waals surface area contributed by atoms with E-state index < -0.39 is 0 Å². The lowest BCUT2D eigenvalue weighted by Gasteiger charge is -2.07. The van der Waals surface area contributed by atoms with Crippen molar-refractivity contribution in [2.45, 2.75) is 11.4 Å². The maximum atomic E-state index is 13.0. The first kappa shape index (κ1) is 21.6. The second-order valence-corrected chi connectivity index (χ2v) is 8.19. The molecule has 7 heteroatoms. The zero-order valence-electron chi connectivity index (χ0n) is 17.3. The summed E-state index contributed by atoms with van der Waals surface area (Å²) in [6.45, 7) is 0.998. The van der Waals surface area contributed by atoms with Gasteiger partial charge in [0.15, 0.2) is 0 Å². The molecule has 1 heterocycles. The minimum atomic E-state index is -0.372. The number of fused-ring (bicyclic) bond motifs is 1. The van der Waals surface area contributed by atoms with E-state index in [0.717, 1.165) is 21.5 Å². The zero-order chi connectivity index (χ0) is 22.3. The van der Waals surface area contributed by atoms with E-state index in [0.29, 0.717) is 24.4 Å². The van der Waals surface area contributed by atoms with Crippen LogP contribution in [0.1, 0.15) is 10.4 Å². The number of benzene rings is 3. The minimum Gasteiger partial charge on any atom is -0.350 e. The van der Waals surface area contributed by atoms with Gasteiger partial charge in [-0.15, -0.1) is 11.8 Å². The van der Waals surface area contributed by atoms with Crippen molar-refractivity contribution in [2.75, 3.05) is 17.6 Å². The van der Waals surface area contributed by atoms with Gasteiger partial charge in [-0.2, -0.15) is 0 Å². The number of rotatable bonds is 8. The molecule has 0 bridgehead atoms. The Bertz CT molecular complexity index is 1220. The van der Waals surface area contributed by atoms with Gasteiger partial charge in [-0.05, 0) is 42.5 Å². The van der Waals surface area contributed by atoms with E-state index in [9.17, 15) is 14.0 Å². The molecule has 2 N–H and O–H groups in total. The Morgan fingerprint density at radius 3 is 2.41 bits per heavy atom. The van der Waals surface area contributed by atoms with Gasteiger partial charge in [-0.3, -0.25) is 9.59 Å². The van der Waals surface area contributed by atoms with Crippen molar-refractivity contribution in [2.24, 2.45) is 0 Å².